The van der Waals surface area contributed by atoms with E-state index < -0.39 is 10.0 Å². The maximum atomic E-state index is 13.4. The first-order chi connectivity index (χ1) is 17.4. The largest absolute Gasteiger partial charge is 0.367 e. The number of hydrogen-bond donors (Lipinski definition) is 1. The smallest absolute Gasteiger partial charge is 0.269 e. The van der Waals surface area contributed by atoms with Gasteiger partial charge >= 0.3 is 0 Å². The molecule has 5 aromatic rings. The van der Waals surface area contributed by atoms with Crippen molar-refractivity contribution in [2.24, 2.45) is 0 Å². The van der Waals surface area contributed by atoms with E-state index in [1.807, 2.05) is 17.4 Å². The van der Waals surface area contributed by atoms with E-state index in [1.165, 1.54) is 3.97 Å². The Morgan fingerprint density at radius 3 is 2.56 bits per heavy atom. The summed E-state index contributed by atoms with van der Waals surface area (Å²) >= 11 is 0. The molecule has 10 heteroatoms. The van der Waals surface area contributed by atoms with Crippen LogP contribution in [0, 0.1) is 18.3 Å². The molecule has 36 heavy (non-hydrogen) atoms. The van der Waals surface area contributed by atoms with Crippen LogP contribution in [0.25, 0.3) is 16.7 Å². The molecule has 1 aromatic carbocycles. The number of nitrogens with zero attached hydrogens (tertiary/aromatic N) is 6. The van der Waals surface area contributed by atoms with Gasteiger partial charge in [0.2, 0.25) is 0 Å². The summed E-state index contributed by atoms with van der Waals surface area (Å²) in [5.74, 6) is 1.85. The second-order valence-corrected chi connectivity index (χ2v) is 11.0. The van der Waals surface area contributed by atoms with Crippen LogP contribution in [-0.2, 0) is 10.0 Å². The van der Waals surface area contributed by atoms with Gasteiger partial charge in [-0.25, -0.2) is 27.3 Å². The van der Waals surface area contributed by atoms with Crippen molar-refractivity contribution >= 4 is 32.5 Å². The number of aryl methyl sites for hydroxylation is 1. The Labute approximate surface area is 208 Å². The first kappa shape index (κ1) is 22.2. The molecule has 4 aromatic heterocycles. The van der Waals surface area contributed by atoms with Crippen LogP contribution in [0.2, 0.25) is 0 Å². The van der Waals surface area contributed by atoms with Gasteiger partial charge in [-0.2, -0.15) is 5.26 Å². The summed E-state index contributed by atoms with van der Waals surface area (Å²) < 4.78 is 30.0. The molecule has 6 rings (SSSR count). The third kappa shape index (κ3) is 3.69. The lowest BCUT2D eigenvalue weighted by Gasteiger charge is -2.14. The summed E-state index contributed by atoms with van der Waals surface area (Å²) in [5.41, 5.74) is 3.43. The molecule has 0 aliphatic heterocycles. The lowest BCUT2D eigenvalue weighted by molar-refractivity contribution is 0.588. The average Bonchev–Trinajstić information content (AvgIpc) is 3.62. The van der Waals surface area contributed by atoms with Crippen LogP contribution in [0.4, 0.5) is 5.82 Å². The third-order valence-electron chi connectivity index (χ3n) is 6.80. The Hall–Kier alpha value is -4.23. The van der Waals surface area contributed by atoms with Gasteiger partial charge in [0.05, 0.1) is 33.9 Å². The van der Waals surface area contributed by atoms with Crippen LogP contribution in [-0.4, -0.2) is 37.8 Å². The molecular formula is C26H23N7O2S. The Morgan fingerprint density at radius 1 is 1.00 bits per heavy atom. The number of pyridine rings is 1. The Bertz CT molecular complexity index is 1730. The fraction of sp³-hybridized carbons (Fsp3) is 0.231. The number of nitriles is 1. The van der Waals surface area contributed by atoms with Crippen molar-refractivity contribution in [2.45, 2.75) is 43.0 Å². The molecule has 1 aliphatic carbocycles. The number of fused-ring (bicyclic) bond motifs is 3. The second kappa shape index (κ2) is 8.46. The molecule has 4 heterocycles. The van der Waals surface area contributed by atoms with E-state index >= 15 is 0 Å². The molecule has 0 spiro atoms. The fourth-order valence-corrected chi connectivity index (χ4v) is 6.26. The minimum atomic E-state index is -3.79. The second-order valence-electron chi connectivity index (χ2n) is 9.17. The van der Waals surface area contributed by atoms with Gasteiger partial charge in [0.25, 0.3) is 10.0 Å². The van der Waals surface area contributed by atoms with Crippen LogP contribution in [0.15, 0.2) is 72.1 Å². The molecule has 0 amide bonds. The highest BCUT2D eigenvalue weighted by molar-refractivity contribution is 7.90. The molecule has 1 N–H and O–H groups in total. The third-order valence-corrected chi connectivity index (χ3v) is 8.48. The number of rotatable bonds is 5. The molecule has 0 unspecified atom stereocenters. The summed E-state index contributed by atoms with van der Waals surface area (Å²) in [4.78, 5) is 13.7. The van der Waals surface area contributed by atoms with E-state index in [0.29, 0.717) is 16.7 Å². The zero-order valence-corrected chi connectivity index (χ0v) is 20.4. The topological polar surface area (TPSA) is 118 Å². The molecule has 0 radical (unpaired) electrons. The summed E-state index contributed by atoms with van der Waals surface area (Å²) in [5, 5.41) is 12.4. The summed E-state index contributed by atoms with van der Waals surface area (Å²) in [6.45, 7) is 1.92. The lowest BCUT2D eigenvalue weighted by atomic mass is 10.1. The number of benzene rings is 1. The molecule has 180 valence electrons. The standard InChI is InChI=1S/C26H23N7O2S/c1-17-2-7-22(8-3-17)36(34,35)32-11-10-23-26(32)30-16-21-15-29-25(33(21)23)19-5-6-20(12-19)31-24-9-4-18(13-27)14-28-24/h2-4,7-11,14-16,19-20H,5-6,12H2,1H3,(H,28,31)/t19-,20+/m0/s1. The van der Waals surface area contributed by atoms with Crippen molar-refractivity contribution in [3.8, 4) is 6.07 Å². The maximum Gasteiger partial charge on any atom is 0.269 e. The molecule has 1 aliphatic rings. The van der Waals surface area contributed by atoms with Crippen LogP contribution in [0.1, 0.15) is 42.1 Å². The van der Waals surface area contributed by atoms with E-state index in [0.717, 1.165) is 42.0 Å². The zero-order valence-electron chi connectivity index (χ0n) is 19.5. The van der Waals surface area contributed by atoms with Crippen molar-refractivity contribution in [1.82, 2.24) is 23.3 Å². The predicted octanol–water partition coefficient (Wildman–Crippen LogP) is 4.24. The number of imidazole rings is 1. The van der Waals surface area contributed by atoms with E-state index in [2.05, 4.69) is 21.4 Å². The molecule has 1 fully saturated rings. The summed E-state index contributed by atoms with van der Waals surface area (Å²) in [6.07, 6.45) is 9.36. The monoisotopic (exact) mass is 497 g/mol. The van der Waals surface area contributed by atoms with Crippen molar-refractivity contribution in [1.29, 1.82) is 5.26 Å². The lowest BCUT2D eigenvalue weighted by Crippen LogP contribution is -2.16. The molecule has 2 atom stereocenters. The minimum Gasteiger partial charge on any atom is -0.367 e. The van der Waals surface area contributed by atoms with Gasteiger partial charge in [0, 0.05) is 24.4 Å². The van der Waals surface area contributed by atoms with Crippen molar-refractivity contribution in [2.75, 3.05) is 5.32 Å². The van der Waals surface area contributed by atoms with Crippen LogP contribution in [0.5, 0.6) is 0 Å². The van der Waals surface area contributed by atoms with Gasteiger partial charge in [-0.3, -0.25) is 4.40 Å². The minimum absolute atomic E-state index is 0.200. The molecular weight excluding hydrogens is 474 g/mol. The normalized spacial score (nSPS) is 18.0. The maximum absolute atomic E-state index is 13.4. The SMILES string of the molecule is Cc1ccc(S(=O)(=O)n2ccc3c2ncc2cnc([C@H]4CC[C@@H](Nc5ccc(C#N)cn5)C4)n23)cc1. The first-order valence-electron chi connectivity index (χ1n) is 11.7. The van der Waals surface area contributed by atoms with Gasteiger partial charge in [-0.15, -0.1) is 0 Å². The molecule has 9 nitrogen and oxygen atoms in total. The van der Waals surface area contributed by atoms with Gasteiger partial charge in [0.15, 0.2) is 5.65 Å². The average molecular weight is 498 g/mol. The van der Waals surface area contributed by atoms with Crippen molar-refractivity contribution in [3.63, 3.8) is 0 Å². The Morgan fingerprint density at radius 2 is 1.81 bits per heavy atom. The quantitative estimate of drug-likeness (QED) is 0.386. The predicted molar refractivity (Wildman–Crippen MR) is 135 cm³/mol. The van der Waals surface area contributed by atoms with E-state index in [-0.39, 0.29) is 16.9 Å². The molecule has 0 saturated heterocycles. The highest BCUT2D eigenvalue weighted by atomic mass is 32.2. The summed E-state index contributed by atoms with van der Waals surface area (Å²) in [7, 11) is -3.79. The van der Waals surface area contributed by atoms with Crippen LogP contribution in [0.3, 0.4) is 0 Å². The summed E-state index contributed by atoms with van der Waals surface area (Å²) in [6, 6.07) is 14.5. The highest BCUT2D eigenvalue weighted by Gasteiger charge is 2.30. The van der Waals surface area contributed by atoms with E-state index in [9.17, 15) is 8.42 Å². The molecule has 1 saturated carbocycles. The highest BCUT2D eigenvalue weighted by Crippen LogP contribution is 2.36. The number of aromatic nitrogens is 5. The Balaban J connectivity index is 1.32. The number of anilines is 1. The van der Waals surface area contributed by atoms with Gasteiger partial charge < -0.3 is 5.32 Å². The number of nitrogens with one attached hydrogen (secondary N) is 1. The Kier molecular flexibility index (Phi) is 5.23. The van der Waals surface area contributed by atoms with Gasteiger partial charge in [0.1, 0.15) is 17.7 Å². The fourth-order valence-electron chi connectivity index (χ4n) is 4.96. The molecule has 0 bridgehead atoms. The van der Waals surface area contributed by atoms with Gasteiger partial charge in [-0.05, 0) is 56.5 Å². The van der Waals surface area contributed by atoms with Crippen LogP contribution < -0.4 is 5.32 Å². The van der Waals surface area contributed by atoms with Crippen molar-refractivity contribution < 1.29 is 8.42 Å². The number of hydrogen-bond acceptors (Lipinski definition) is 7. The van der Waals surface area contributed by atoms with E-state index in [4.69, 9.17) is 10.2 Å². The van der Waals surface area contributed by atoms with Crippen LogP contribution >= 0.6 is 0 Å². The van der Waals surface area contributed by atoms with Crippen molar-refractivity contribution in [3.05, 3.63) is 84.2 Å². The zero-order chi connectivity index (χ0) is 24.9. The van der Waals surface area contributed by atoms with E-state index in [1.54, 1.807) is 61.2 Å². The van der Waals surface area contributed by atoms with Gasteiger partial charge in [-0.1, -0.05) is 17.7 Å². The first-order valence-corrected chi connectivity index (χ1v) is 13.2.